The number of hydrogen-bond donors (Lipinski definition) is 0. The standard InChI is InChI=1S/C29H35NO/c1-5-25(22-24-14-10-8-11-15-24)29(26-16-12-9-13-17-26)27-18-20-28(21-19-27)31-23(4)30(6-2)7-3/h8-21,23H,5-7,22H2,1-4H3. The Kier molecular flexibility index (Phi) is 8.49. The van der Waals surface area contributed by atoms with E-state index in [1.54, 1.807) is 0 Å². The van der Waals surface area contributed by atoms with Crippen LogP contribution in [0, 0.1) is 0 Å². The van der Waals surface area contributed by atoms with Crippen LogP contribution in [0.15, 0.2) is 90.5 Å². The zero-order valence-electron chi connectivity index (χ0n) is 19.3. The van der Waals surface area contributed by atoms with Crippen molar-refractivity contribution in [2.45, 2.75) is 46.8 Å². The van der Waals surface area contributed by atoms with Gasteiger partial charge in [-0.1, -0.05) is 99.1 Å². The van der Waals surface area contributed by atoms with Crippen molar-refractivity contribution >= 4 is 5.57 Å². The van der Waals surface area contributed by atoms with Gasteiger partial charge >= 0.3 is 0 Å². The topological polar surface area (TPSA) is 12.5 Å². The highest BCUT2D eigenvalue weighted by Gasteiger charge is 2.14. The van der Waals surface area contributed by atoms with Crippen LogP contribution >= 0.6 is 0 Å². The molecule has 31 heavy (non-hydrogen) atoms. The molecule has 3 rings (SSSR count). The molecule has 162 valence electrons. The van der Waals surface area contributed by atoms with Crippen LogP contribution in [0.5, 0.6) is 5.75 Å². The first-order valence-corrected chi connectivity index (χ1v) is 11.5. The van der Waals surface area contributed by atoms with Gasteiger partial charge in [0, 0.05) is 0 Å². The molecule has 0 spiro atoms. The third kappa shape index (κ3) is 6.08. The van der Waals surface area contributed by atoms with Gasteiger partial charge in [-0.2, -0.15) is 0 Å². The minimum Gasteiger partial charge on any atom is -0.475 e. The number of allylic oxidation sites excluding steroid dienone is 1. The van der Waals surface area contributed by atoms with E-state index >= 15 is 0 Å². The van der Waals surface area contributed by atoms with Crippen LogP contribution in [-0.4, -0.2) is 24.2 Å². The Labute approximate surface area is 188 Å². The smallest absolute Gasteiger partial charge is 0.149 e. The fraction of sp³-hybridized carbons (Fsp3) is 0.310. The predicted molar refractivity (Wildman–Crippen MR) is 132 cm³/mol. The molecule has 3 aromatic carbocycles. The number of rotatable bonds is 10. The molecule has 0 bridgehead atoms. The number of ether oxygens (including phenoxy) is 1. The lowest BCUT2D eigenvalue weighted by Gasteiger charge is -2.27. The summed E-state index contributed by atoms with van der Waals surface area (Å²) in [7, 11) is 0. The Morgan fingerprint density at radius 3 is 1.84 bits per heavy atom. The summed E-state index contributed by atoms with van der Waals surface area (Å²) in [6, 6.07) is 30.1. The van der Waals surface area contributed by atoms with Crippen molar-refractivity contribution in [2.24, 2.45) is 0 Å². The molecule has 0 amide bonds. The lowest BCUT2D eigenvalue weighted by molar-refractivity contribution is 0.0481. The van der Waals surface area contributed by atoms with E-state index in [9.17, 15) is 0 Å². The molecule has 1 atom stereocenters. The summed E-state index contributed by atoms with van der Waals surface area (Å²) in [4.78, 5) is 2.30. The van der Waals surface area contributed by atoms with Gasteiger partial charge in [-0.25, -0.2) is 0 Å². The van der Waals surface area contributed by atoms with Crippen LogP contribution in [0.2, 0.25) is 0 Å². The summed E-state index contributed by atoms with van der Waals surface area (Å²) in [6.07, 6.45) is 2.03. The van der Waals surface area contributed by atoms with E-state index in [1.807, 2.05) is 0 Å². The molecule has 0 saturated carbocycles. The third-order valence-electron chi connectivity index (χ3n) is 5.88. The largest absolute Gasteiger partial charge is 0.475 e. The number of nitrogens with zero attached hydrogens (tertiary/aromatic N) is 1. The van der Waals surface area contributed by atoms with Crippen molar-refractivity contribution in [1.29, 1.82) is 0 Å². The normalized spacial score (nSPS) is 13.1. The van der Waals surface area contributed by atoms with E-state index in [1.165, 1.54) is 27.8 Å². The average molecular weight is 414 g/mol. The molecule has 2 nitrogen and oxygen atoms in total. The Balaban J connectivity index is 1.95. The molecule has 3 aromatic rings. The summed E-state index contributed by atoms with van der Waals surface area (Å²) >= 11 is 0. The second-order valence-electron chi connectivity index (χ2n) is 7.82. The first-order chi connectivity index (χ1) is 15.2. The fourth-order valence-corrected chi connectivity index (χ4v) is 4.12. The van der Waals surface area contributed by atoms with Gasteiger partial charge in [0.15, 0.2) is 0 Å². The maximum atomic E-state index is 6.19. The molecule has 0 N–H and O–H groups in total. The van der Waals surface area contributed by atoms with Gasteiger partial charge in [-0.15, -0.1) is 0 Å². The molecule has 0 heterocycles. The maximum absolute atomic E-state index is 6.19. The molecule has 0 aromatic heterocycles. The minimum atomic E-state index is 0.0641. The first-order valence-electron chi connectivity index (χ1n) is 11.5. The van der Waals surface area contributed by atoms with Crippen molar-refractivity contribution in [3.63, 3.8) is 0 Å². The van der Waals surface area contributed by atoms with Crippen LogP contribution in [0.4, 0.5) is 0 Å². The van der Waals surface area contributed by atoms with E-state index in [-0.39, 0.29) is 6.23 Å². The molecule has 0 aliphatic heterocycles. The molecular weight excluding hydrogens is 378 g/mol. The summed E-state index contributed by atoms with van der Waals surface area (Å²) in [5.74, 6) is 0.914. The van der Waals surface area contributed by atoms with Gasteiger partial charge in [0.25, 0.3) is 0 Å². The fourth-order valence-electron chi connectivity index (χ4n) is 4.12. The summed E-state index contributed by atoms with van der Waals surface area (Å²) in [6.45, 7) is 10.7. The van der Waals surface area contributed by atoms with Crippen molar-refractivity contribution in [3.8, 4) is 5.75 Å². The van der Waals surface area contributed by atoms with E-state index in [0.717, 1.165) is 31.7 Å². The molecule has 0 saturated heterocycles. The molecular formula is C29H35NO. The van der Waals surface area contributed by atoms with Gasteiger partial charge in [0.05, 0.1) is 0 Å². The van der Waals surface area contributed by atoms with Gasteiger partial charge in [-0.3, -0.25) is 4.90 Å². The van der Waals surface area contributed by atoms with Crippen molar-refractivity contribution in [1.82, 2.24) is 4.90 Å². The van der Waals surface area contributed by atoms with E-state index in [2.05, 4.69) is 118 Å². The predicted octanol–water partition coefficient (Wildman–Crippen LogP) is 7.21. The molecule has 0 radical (unpaired) electrons. The van der Waals surface area contributed by atoms with Crippen molar-refractivity contribution in [3.05, 3.63) is 107 Å². The highest BCUT2D eigenvalue weighted by atomic mass is 16.5. The van der Waals surface area contributed by atoms with Crippen LogP contribution < -0.4 is 4.74 Å². The van der Waals surface area contributed by atoms with E-state index < -0.39 is 0 Å². The highest BCUT2D eigenvalue weighted by molar-refractivity contribution is 5.82. The number of benzene rings is 3. The van der Waals surface area contributed by atoms with E-state index in [0.29, 0.717) is 0 Å². The second kappa shape index (κ2) is 11.5. The van der Waals surface area contributed by atoms with Crippen LogP contribution in [0.3, 0.4) is 0 Å². The SMILES string of the molecule is CCC(Cc1ccccc1)=C(c1ccccc1)c1ccc(OC(C)N(CC)CC)cc1. The number of hydrogen-bond acceptors (Lipinski definition) is 2. The first kappa shape index (κ1) is 22.8. The molecule has 2 heteroatoms. The zero-order valence-corrected chi connectivity index (χ0v) is 19.3. The Morgan fingerprint density at radius 2 is 1.29 bits per heavy atom. The lowest BCUT2D eigenvalue weighted by atomic mass is 9.88. The molecule has 0 aliphatic rings. The Morgan fingerprint density at radius 1 is 0.742 bits per heavy atom. The minimum absolute atomic E-state index is 0.0641. The highest BCUT2D eigenvalue weighted by Crippen LogP contribution is 2.31. The van der Waals surface area contributed by atoms with Gasteiger partial charge < -0.3 is 4.74 Å². The van der Waals surface area contributed by atoms with Crippen molar-refractivity contribution < 1.29 is 4.74 Å². The van der Waals surface area contributed by atoms with Crippen LogP contribution in [0.1, 0.15) is 50.8 Å². The Bertz CT molecular complexity index is 941. The van der Waals surface area contributed by atoms with Gasteiger partial charge in [0.2, 0.25) is 0 Å². The quantitative estimate of drug-likeness (QED) is 0.326. The van der Waals surface area contributed by atoms with E-state index in [4.69, 9.17) is 4.74 Å². The molecule has 1 unspecified atom stereocenters. The maximum Gasteiger partial charge on any atom is 0.149 e. The summed E-state index contributed by atoms with van der Waals surface area (Å²) in [5, 5.41) is 0. The summed E-state index contributed by atoms with van der Waals surface area (Å²) in [5.41, 5.74) is 6.63. The van der Waals surface area contributed by atoms with Crippen LogP contribution in [-0.2, 0) is 6.42 Å². The summed E-state index contributed by atoms with van der Waals surface area (Å²) < 4.78 is 6.19. The van der Waals surface area contributed by atoms with Crippen molar-refractivity contribution in [2.75, 3.05) is 13.1 Å². The monoisotopic (exact) mass is 413 g/mol. The zero-order chi connectivity index (χ0) is 22.1. The lowest BCUT2D eigenvalue weighted by Crippen LogP contribution is -2.36. The van der Waals surface area contributed by atoms with Crippen LogP contribution in [0.25, 0.3) is 5.57 Å². The second-order valence-corrected chi connectivity index (χ2v) is 7.82. The third-order valence-corrected chi connectivity index (χ3v) is 5.88. The van der Waals surface area contributed by atoms with Gasteiger partial charge in [0.1, 0.15) is 12.0 Å². The van der Waals surface area contributed by atoms with Gasteiger partial charge in [-0.05, 0) is 67.3 Å². The molecule has 0 fully saturated rings. The molecule has 0 aliphatic carbocycles. The average Bonchev–Trinajstić information content (AvgIpc) is 2.82. The Hall–Kier alpha value is -2.84.